The van der Waals surface area contributed by atoms with Crippen molar-refractivity contribution in [1.29, 1.82) is 0 Å². The largest absolute Gasteiger partial charge is 0.456 e. The second-order valence-corrected chi connectivity index (χ2v) is 9.74. The summed E-state index contributed by atoms with van der Waals surface area (Å²) >= 11 is 0. The summed E-state index contributed by atoms with van der Waals surface area (Å²) < 4.78 is 20.2. The van der Waals surface area contributed by atoms with E-state index in [0.29, 0.717) is 11.5 Å². The van der Waals surface area contributed by atoms with Crippen molar-refractivity contribution >= 4 is 24.5 Å². The van der Waals surface area contributed by atoms with Crippen LogP contribution in [0.4, 0.5) is 5.69 Å². The molecule has 32 heavy (non-hydrogen) atoms. The summed E-state index contributed by atoms with van der Waals surface area (Å²) in [5.74, 6) is 4.59. The topological polar surface area (TPSA) is 38.3 Å². The molecule has 0 bridgehead atoms. The van der Waals surface area contributed by atoms with Crippen molar-refractivity contribution in [3.63, 3.8) is 0 Å². The first-order valence-corrected chi connectivity index (χ1v) is 12.3. The van der Waals surface area contributed by atoms with Crippen molar-refractivity contribution in [2.75, 3.05) is 5.09 Å². The maximum atomic E-state index is 14.0. The first-order valence-electron chi connectivity index (χ1n) is 10.5. The van der Waals surface area contributed by atoms with Gasteiger partial charge in [0.25, 0.3) is 0 Å². The molecule has 1 N–H and O–H groups in total. The fraction of sp³-hybridized carbons (Fsp3) is 0. The molecule has 0 fully saturated rings. The monoisotopic (exact) mass is 435 g/mol. The van der Waals surface area contributed by atoms with Crippen molar-refractivity contribution in [2.45, 2.75) is 0 Å². The summed E-state index contributed by atoms with van der Waals surface area (Å²) in [7, 11) is -3.06. The van der Waals surface area contributed by atoms with Gasteiger partial charge in [-0.3, -0.25) is 4.57 Å². The second-order valence-electron chi connectivity index (χ2n) is 7.59. The third-order valence-electron chi connectivity index (χ3n) is 5.25. The molecule has 156 valence electrons. The Kier molecular flexibility index (Phi) is 5.49. The molecular formula is C28H22NO2P. The average molecular weight is 435 g/mol. The van der Waals surface area contributed by atoms with E-state index in [0.717, 1.165) is 27.9 Å². The molecule has 1 heterocycles. The minimum atomic E-state index is -3.06. The number of anilines is 1. The molecule has 4 heteroatoms. The first kappa shape index (κ1) is 20.1. The molecular weight excluding hydrogens is 413 g/mol. The lowest BCUT2D eigenvalue weighted by Gasteiger charge is -2.24. The molecule has 0 aromatic heterocycles. The zero-order valence-electron chi connectivity index (χ0n) is 17.4. The lowest BCUT2D eigenvalue weighted by molar-refractivity contribution is 0.469. The van der Waals surface area contributed by atoms with Gasteiger partial charge in [-0.05, 0) is 23.3 Å². The molecule has 5 rings (SSSR count). The van der Waals surface area contributed by atoms with E-state index < -0.39 is 7.29 Å². The molecule has 1 aliphatic rings. The van der Waals surface area contributed by atoms with Gasteiger partial charge >= 0.3 is 0 Å². The number of rotatable bonds is 5. The fourth-order valence-electron chi connectivity index (χ4n) is 3.66. The Bertz CT molecular complexity index is 1250. The molecule has 0 radical (unpaired) electrons. The highest BCUT2D eigenvalue weighted by Crippen LogP contribution is 2.56. The molecule has 0 amide bonds. The molecule has 4 aromatic rings. The van der Waals surface area contributed by atoms with Crippen LogP contribution in [0.3, 0.4) is 0 Å². The van der Waals surface area contributed by atoms with E-state index in [1.54, 1.807) is 11.6 Å². The molecule has 4 aromatic carbocycles. The van der Waals surface area contributed by atoms with E-state index in [9.17, 15) is 4.57 Å². The van der Waals surface area contributed by atoms with Crippen LogP contribution in [0.5, 0.6) is 0 Å². The van der Waals surface area contributed by atoms with Gasteiger partial charge in [-0.1, -0.05) is 103 Å². The highest BCUT2D eigenvalue weighted by atomic mass is 31.2. The number of benzene rings is 4. The van der Waals surface area contributed by atoms with Gasteiger partial charge in [0.05, 0.1) is 0 Å². The number of nitrogens with one attached hydrogen (secondary N) is 1. The van der Waals surface area contributed by atoms with Crippen LogP contribution >= 0.6 is 7.29 Å². The normalized spacial score (nSPS) is 14.6. The van der Waals surface area contributed by atoms with Crippen molar-refractivity contribution < 1.29 is 9.30 Å². The van der Waals surface area contributed by atoms with Gasteiger partial charge in [0.15, 0.2) is 0 Å². The molecule has 0 atom stereocenters. The molecule has 0 spiro atoms. The van der Waals surface area contributed by atoms with Gasteiger partial charge in [0, 0.05) is 28.4 Å². The van der Waals surface area contributed by atoms with E-state index in [4.69, 9.17) is 4.74 Å². The van der Waals surface area contributed by atoms with Gasteiger partial charge < -0.3 is 9.82 Å². The quantitative estimate of drug-likeness (QED) is 0.322. The predicted molar refractivity (Wildman–Crippen MR) is 133 cm³/mol. The molecule has 1 aliphatic heterocycles. The lowest BCUT2D eigenvalue weighted by atomic mass is 10.1. The summed E-state index contributed by atoms with van der Waals surface area (Å²) in [6.07, 6.45) is 0. The summed E-state index contributed by atoms with van der Waals surface area (Å²) in [5.41, 5.74) is 4.82. The Morgan fingerprint density at radius 2 is 0.906 bits per heavy atom. The van der Waals surface area contributed by atoms with Gasteiger partial charge in [0.1, 0.15) is 11.5 Å². The fourth-order valence-corrected chi connectivity index (χ4v) is 5.52. The average Bonchev–Trinajstić information content (AvgIpc) is 2.85. The van der Waals surface area contributed by atoms with Gasteiger partial charge in [0.2, 0.25) is 7.29 Å². The predicted octanol–water partition coefficient (Wildman–Crippen LogP) is 8.07. The Balaban J connectivity index is 1.49. The van der Waals surface area contributed by atoms with Gasteiger partial charge in [-0.2, -0.15) is 0 Å². The zero-order valence-corrected chi connectivity index (χ0v) is 18.3. The van der Waals surface area contributed by atoms with Crippen LogP contribution in [-0.4, -0.2) is 0 Å². The van der Waals surface area contributed by atoms with E-state index in [-0.39, 0.29) is 0 Å². The molecule has 0 unspecified atom stereocenters. The Morgan fingerprint density at radius 3 is 1.38 bits per heavy atom. The second kappa shape index (κ2) is 8.74. The summed E-state index contributed by atoms with van der Waals surface area (Å²) in [5, 5.41) is 3.26. The smallest absolute Gasteiger partial charge is 0.220 e. The first-order chi connectivity index (χ1) is 15.7. The minimum Gasteiger partial charge on any atom is -0.456 e. The highest BCUT2D eigenvalue weighted by Gasteiger charge is 2.27. The van der Waals surface area contributed by atoms with Crippen molar-refractivity contribution in [3.8, 4) is 11.1 Å². The molecule has 0 saturated carbocycles. The highest BCUT2D eigenvalue weighted by molar-refractivity contribution is 7.72. The van der Waals surface area contributed by atoms with E-state index in [1.807, 2.05) is 103 Å². The summed E-state index contributed by atoms with van der Waals surface area (Å²) in [6, 6.07) is 37.7. The van der Waals surface area contributed by atoms with E-state index in [1.165, 1.54) is 0 Å². The lowest BCUT2D eigenvalue weighted by Crippen LogP contribution is -2.03. The van der Waals surface area contributed by atoms with Crippen LogP contribution in [0.15, 0.2) is 127 Å². The Labute approximate surface area is 188 Å². The van der Waals surface area contributed by atoms with E-state index in [2.05, 4.69) is 17.2 Å². The minimum absolute atomic E-state index is 0.587. The van der Waals surface area contributed by atoms with Gasteiger partial charge in [-0.25, -0.2) is 0 Å². The number of ether oxygens (including phenoxy) is 1. The Hall–Kier alpha value is -3.81. The maximum Gasteiger partial charge on any atom is 0.220 e. The molecule has 0 saturated heterocycles. The van der Waals surface area contributed by atoms with Crippen LogP contribution in [-0.2, 0) is 9.30 Å². The van der Waals surface area contributed by atoms with Crippen LogP contribution in [0, 0.1) is 0 Å². The van der Waals surface area contributed by atoms with Crippen molar-refractivity contribution in [3.05, 3.63) is 138 Å². The summed E-state index contributed by atoms with van der Waals surface area (Å²) in [6.45, 7) is 0. The standard InChI is InChI=1S/C28H22NO2P/c30-32(29-26-18-16-23(17-19-26)22-10-4-1-5-11-22)20-27(24-12-6-2-7-13-24)31-28(21-32)25-14-8-3-9-15-25/h1-21H,(H,29,30). The van der Waals surface area contributed by atoms with Crippen LogP contribution in [0.2, 0.25) is 0 Å². The van der Waals surface area contributed by atoms with Crippen molar-refractivity contribution in [2.24, 2.45) is 0 Å². The SMILES string of the molecule is O=P1(Nc2ccc(-c3ccccc3)cc2)C=C(c2ccccc2)OC(c2ccccc2)=C1. The number of hydrogen-bond donors (Lipinski definition) is 1. The van der Waals surface area contributed by atoms with Gasteiger partial charge in [-0.15, -0.1) is 0 Å². The Morgan fingerprint density at radius 1 is 0.500 bits per heavy atom. The maximum absolute atomic E-state index is 14.0. The number of hydrogen-bond acceptors (Lipinski definition) is 2. The third-order valence-corrected chi connectivity index (χ3v) is 7.09. The molecule has 0 aliphatic carbocycles. The van der Waals surface area contributed by atoms with Crippen LogP contribution in [0.1, 0.15) is 11.1 Å². The molecule has 3 nitrogen and oxygen atoms in total. The summed E-state index contributed by atoms with van der Waals surface area (Å²) in [4.78, 5) is 0. The van der Waals surface area contributed by atoms with Crippen molar-refractivity contribution in [1.82, 2.24) is 0 Å². The zero-order chi connectivity index (χ0) is 21.8. The van der Waals surface area contributed by atoms with Crippen LogP contribution < -0.4 is 5.09 Å². The van der Waals surface area contributed by atoms with Crippen LogP contribution in [0.25, 0.3) is 22.6 Å². The third kappa shape index (κ3) is 4.44. The van der Waals surface area contributed by atoms with E-state index >= 15 is 0 Å².